The number of amides is 1. The normalized spacial score (nSPS) is 11.8. The minimum Gasteiger partial charge on any atom is -0.446 e. The maximum absolute atomic E-state index is 12.8. The van der Waals surface area contributed by atoms with Gasteiger partial charge in [-0.3, -0.25) is 10.1 Å². The predicted octanol–water partition coefficient (Wildman–Crippen LogP) is 5.20. The average Bonchev–Trinajstić information content (AvgIpc) is 3.43. The van der Waals surface area contributed by atoms with Crippen molar-refractivity contribution in [1.29, 1.82) is 0 Å². The van der Waals surface area contributed by atoms with Gasteiger partial charge in [0.15, 0.2) is 5.65 Å². The van der Waals surface area contributed by atoms with E-state index in [-0.39, 0.29) is 11.9 Å². The van der Waals surface area contributed by atoms with Crippen molar-refractivity contribution in [2.75, 3.05) is 5.32 Å². The molecule has 1 N–H and O–H groups in total. The fourth-order valence-electron chi connectivity index (χ4n) is 3.18. The maximum atomic E-state index is 12.8. The summed E-state index contributed by atoms with van der Waals surface area (Å²) >= 11 is 1.38. The lowest BCUT2D eigenvalue weighted by Gasteiger charge is -2.13. The summed E-state index contributed by atoms with van der Waals surface area (Å²) in [6.07, 6.45) is 4.67. The van der Waals surface area contributed by atoms with Crippen molar-refractivity contribution in [2.24, 2.45) is 0 Å². The van der Waals surface area contributed by atoms with Gasteiger partial charge >= 0.3 is 6.09 Å². The lowest BCUT2D eigenvalue weighted by atomic mass is 10.1. The minimum absolute atomic E-state index is 0.110. The summed E-state index contributed by atoms with van der Waals surface area (Å²) in [5.74, 6) is -0.110. The molecule has 31 heavy (non-hydrogen) atoms. The standard InChI is InChI=1S/C23H20N4O3S/c1-3-6-15(2)30-23(29)26-17-8-4-7-16(13-17)19-10-11-24-22-18(14-25-27(19)22)21(28)20-9-5-12-31-20/h3-5,7-15H,1,6H2,2H3,(H,26,29). The Morgan fingerprint density at radius 1 is 1.29 bits per heavy atom. The van der Waals surface area contributed by atoms with Crippen LogP contribution in [-0.2, 0) is 4.74 Å². The molecule has 3 heterocycles. The van der Waals surface area contributed by atoms with Crippen LogP contribution in [0.2, 0.25) is 0 Å². The van der Waals surface area contributed by atoms with E-state index in [1.807, 2.05) is 35.7 Å². The van der Waals surface area contributed by atoms with Crippen molar-refractivity contribution in [1.82, 2.24) is 14.6 Å². The Labute approximate surface area is 183 Å². The van der Waals surface area contributed by atoms with Crippen molar-refractivity contribution in [3.63, 3.8) is 0 Å². The molecule has 0 aliphatic carbocycles. The highest BCUT2D eigenvalue weighted by atomic mass is 32.1. The zero-order valence-corrected chi connectivity index (χ0v) is 17.6. The number of carbonyl (C=O) groups excluding carboxylic acids is 2. The Bertz CT molecular complexity index is 1250. The third kappa shape index (κ3) is 4.39. The highest BCUT2D eigenvalue weighted by Gasteiger charge is 2.18. The molecule has 4 aromatic rings. The van der Waals surface area contributed by atoms with Crippen LogP contribution in [0.1, 0.15) is 28.6 Å². The number of rotatable bonds is 7. The Balaban J connectivity index is 1.62. The summed E-state index contributed by atoms with van der Waals surface area (Å²) in [7, 11) is 0. The first-order valence-corrected chi connectivity index (χ1v) is 10.5. The number of nitrogens with zero attached hydrogens (tertiary/aromatic N) is 3. The Morgan fingerprint density at radius 2 is 2.16 bits per heavy atom. The zero-order valence-electron chi connectivity index (χ0n) is 16.8. The van der Waals surface area contributed by atoms with Crippen LogP contribution >= 0.6 is 11.3 Å². The number of thiophene rings is 1. The second kappa shape index (κ2) is 8.93. The van der Waals surface area contributed by atoms with E-state index in [0.717, 1.165) is 11.3 Å². The van der Waals surface area contributed by atoms with Crippen LogP contribution in [-0.4, -0.2) is 32.6 Å². The molecule has 0 bridgehead atoms. The molecule has 0 saturated carbocycles. The molecule has 1 aromatic carbocycles. The van der Waals surface area contributed by atoms with Gasteiger partial charge in [0.2, 0.25) is 5.78 Å². The van der Waals surface area contributed by atoms with Crippen molar-refractivity contribution in [2.45, 2.75) is 19.4 Å². The number of ketones is 1. The van der Waals surface area contributed by atoms with Crippen molar-refractivity contribution < 1.29 is 14.3 Å². The Hall–Kier alpha value is -3.78. The molecule has 0 spiro atoms. The molecular weight excluding hydrogens is 412 g/mol. The minimum atomic E-state index is -0.533. The Morgan fingerprint density at radius 3 is 2.94 bits per heavy atom. The number of benzene rings is 1. The quantitative estimate of drug-likeness (QED) is 0.320. The first-order chi connectivity index (χ1) is 15.1. The van der Waals surface area contributed by atoms with Gasteiger partial charge in [0, 0.05) is 23.9 Å². The monoisotopic (exact) mass is 432 g/mol. The van der Waals surface area contributed by atoms with E-state index in [1.54, 1.807) is 35.8 Å². The number of aromatic nitrogens is 3. The zero-order chi connectivity index (χ0) is 21.8. The molecule has 4 rings (SSSR count). The SMILES string of the molecule is C=CCC(C)OC(=O)Nc1cccc(-c2ccnc3c(C(=O)c4cccs4)cnn23)c1. The summed E-state index contributed by atoms with van der Waals surface area (Å²) in [5.41, 5.74) is 3.06. The molecule has 0 aliphatic rings. The maximum Gasteiger partial charge on any atom is 0.411 e. The van der Waals surface area contributed by atoms with Crippen LogP contribution in [0.25, 0.3) is 16.9 Å². The van der Waals surface area contributed by atoms with Crippen LogP contribution < -0.4 is 5.32 Å². The van der Waals surface area contributed by atoms with E-state index in [9.17, 15) is 9.59 Å². The summed E-state index contributed by atoms with van der Waals surface area (Å²) in [5, 5.41) is 8.99. The van der Waals surface area contributed by atoms with Gasteiger partial charge < -0.3 is 4.74 Å². The van der Waals surface area contributed by atoms with E-state index < -0.39 is 6.09 Å². The van der Waals surface area contributed by atoms with E-state index in [1.165, 1.54) is 17.5 Å². The van der Waals surface area contributed by atoms with Crippen molar-refractivity contribution in [3.8, 4) is 11.3 Å². The second-order valence-electron chi connectivity index (χ2n) is 6.88. The van der Waals surface area contributed by atoms with E-state index in [4.69, 9.17) is 4.74 Å². The molecule has 0 fully saturated rings. The smallest absolute Gasteiger partial charge is 0.411 e. The van der Waals surface area contributed by atoms with Crippen LogP contribution in [0.15, 0.2) is 72.9 Å². The number of nitrogens with one attached hydrogen (secondary N) is 1. The van der Waals surface area contributed by atoms with E-state index in [0.29, 0.717) is 28.2 Å². The predicted molar refractivity (Wildman–Crippen MR) is 121 cm³/mol. The number of hydrogen-bond acceptors (Lipinski definition) is 6. The number of fused-ring (bicyclic) bond motifs is 1. The summed E-state index contributed by atoms with van der Waals surface area (Å²) in [6.45, 7) is 5.45. The van der Waals surface area contributed by atoms with Gasteiger partial charge in [0.05, 0.1) is 22.3 Å². The fraction of sp³-hybridized carbons (Fsp3) is 0.130. The molecule has 7 nitrogen and oxygen atoms in total. The first kappa shape index (κ1) is 20.5. The molecule has 0 radical (unpaired) electrons. The lowest BCUT2D eigenvalue weighted by molar-refractivity contribution is 0.104. The van der Waals surface area contributed by atoms with Crippen molar-refractivity contribution >= 4 is 34.5 Å². The highest BCUT2D eigenvalue weighted by Crippen LogP contribution is 2.25. The molecule has 1 amide bonds. The lowest BCUT2D eigenvalue weighted by Crippen LogP contribution is -2.19. The van der Waals surface area contributed by atoms with Crippen LogP contribution in [0.4, 0.5) is 10.5 Å². The summed E-state index contributed by atoms with van der Waals surface area (Å²) in [6, 6.07) is 12.7. The van der Waals surface area contributed by atoms with Crippen molar-refractivity contribution in [3.05, 3.63) is 83.3 Å². The molecule has 156 valence electrons. The molecule has 8 heteroatoms. The second-order valence-corrected chi connectivity index (χ2v) is 7.82. The summed E-state index contributed by atoms with van der Waals surface area (Å²) in [4.78, 5) is 29.9. The van der Waals surface area contributed by atoms with E-state index in [2.05, 4.69) is 22.0 Å². The average molecular weight is 433 g/mol. The third-order valence-electron chi connectivity index (χ3n) is 4.60. The van der Waals surface area contributed by atoms with Gasteiger partial charge in [-0.2, -0.15) is 5.10 Å². The molecule has 3 aromatic heterocycles. The number of carbonyl (C=O) groups is 2. The van der Waals surface area contributed by atoms with Gasteiger partial charge in [-0.15, -0.1) is 17.9 Å². The Kier molecular flexibility index (Phi) is 5.90. The molecule has 1 atom stereocenters. The van der Waals surface area contributed by atoms with Crippen LogP contribution in [0.3, 0.4) is 0 Å². The van der Waals surface area contributed by atoms with Crippen LogP contribution in [0, 0.1) is 0 Å². The number of anilines is 1. The van der Waals surface area contributed by atoms with Gasteiger partial charge in [0.25, 0.3) is 0 Å². The molecule has 0 saturated heterocycles. The third-order valence-corrected chi connectivity index (χ3v) is 5.47. The molecule has 0 aliphatic heterocycles. The highest BCUT2D eigenvalue weighted by molar-refractivity contribution is 7.12. The number of hydrogen-bond donors (Lipinski definition) is 1. The van der Waals surface area contributed by atoms with Gasteiger partial charge in [-0.25, -0.2) is 14.3 Å². The fourth-order valence-corrected chi connectivity index (χ4v) is 3.86. The largest absolute Gasteiger partial charge is 0.446 e. The van der Waals surface area contributed by atoms with E-state index >= 15 is 0 Å². The molecule has 1 unspecified atom stereocenters. The number of ether oxygens (including phenoxy) is 1. The van der Waals surface area contributed by atoms with Gasteiger partial charge in [0.1, 0.15) is 6.10 Å². The topological polar surface area (TPSA) is 85.6 Å². The van der Waals surface area contributed by atoms with Gasteiger partial charge in [-0.1, -0.05) is 24.3 Å². The van der Waals surface area contributed by atoms with Gasteiger partial charge in [-0.05, 0) is 36.6 Å². The molecular formula is C23H20N4O3S. The summed E-state index contributed by atoms with van der Waals surface area (Å²) < 4.78 is 6.92. The van der Waals surface area contributed by atoms with Crippen LogP contribution in [0.5, 0.6) is 0 Å². The first-order valence-electron chi connectivity index (χ1n) is 9.66.